The largest absolute Gasteiger partial charge is 0.376 e. The lowest BCUT2D eigenvalue weighted by atomic mass is 9.86. The van der Waals surface area contributed by atoms with Gasteiger partial charge in [-0.15, -0.1) is 0 Å². The number of morpholine rings is 1. The smallest absolute Gasteiger partial charge is 0.230 e. The van der Waals surface area contributed by atoms with Crippen molar-refractivity contribution in [2.24, 2.45) is 5.92 Å². The van der Waals surface area contributed by atoms with E-state index in [4.69, 9.17) is 14.2 Å². The van der Waals surface area contributed by atoms with E-state index < -0.39 is 5.82 Å². The highest BCUT2D eigenvalue weighted by Gasteiger charge is 2.45. The predicted molar refractivity (Wildman–Crippen MR) is 148 cm³/mol. The third kappa shape index (κ3) is 5.12. The average molecular weight is 539 g/mol. The molecule has 1 aromatic heterocycles. The molecule has 9 heteroatoms. The molecule has 2 aromatic rings. The zero-order valence-electron chi connectivity index (χ0n) is 23.2. The number of hydrogen-bond donors (Lipinski definition) is 1. The monoisotopic (exact) mass is 538 g/mol. The summed E-state index contributed by atoms with van der Waals surface area (Å²) in [5, 5.41) is 3.38. The van der Waals surface area contributed by atoms with Crippen molar-refractivity contribution in [2.75, 3.05) is 28.3 Å². The number of fused-ring (bicyclic) bond motifs is 3. The quantitative estimate of drug-likeness (QED) is 0.575. The summed E-state index contributed by atoms with van der Waals surface area (Å²) in [5.41, 5.74) is 3.26. The first-order chi connectivity index (χ1) is 18.8. The molecule has 4 atom stereocenters. The molecule has 1 aliphatic carbocycles. The molecule has 210 valence electrons. The molecular weight excluding hydrogens is 499 g/mol. The Labute approximate surface area is 229 Å². The average Bonchev–Trinajstić information content (AvgIpc) is 3.20. The molecule has 39 heavy (non-hydrogen) atoms. The number of carbonyl (C=O) groups excluding carboxylic acids is 1. The summed E-state index contributed by atoms with van der Waals surface area (Å²) in [7, 11) is 0. The molecule has 0 bridgehead atoms. The van der Waals surface area contributed by atoms with E-state index in [0.29, 0.717) is 24.6 Å². The molecule has 2 saturated heterocycles. The normalized spacial score (nSPS) is 30.3. The number of nitrogens with zero attached hydrogens (tertiary/aromatic N) is 3. The molecule has 3 fully saturated rings. The van der Waals surface area contributed by atoms with E-state index in [1.807, 2.05) is 11.0 Å². The zero-order valence-corrected chi connectivity index (χ0v) is 23.2. The van der Waals surface area contributed by atoms with Crippen LogP contribution >= 0.6 is 0 Å². The minimum atomic E-state index is -0.413. The Bertz CT molecular complexity index is 1220. The molecular formula is C30H39FN4O4. The lowest BCUT2D eigenvalue weighted by Gasteiger charge is -2.44. The van der Waals surface area contributed by atoms with Crippen molar-refractivity contribution in [1.29, 1.82) is 0 Å². The molecule has 1 amide bonds. The van der Waals surface area contributed by atoms with Gasteiger partial charge in [-0.1, -0.05) is 0 Å². The minimum absolute atomic E-state index is 0.00976. The Morgan fingerprint density at radius 2 is 1.92 bits per heavy atom. The molecule has 8 nitrogen and oxygen atoms in total. The Kier molecular flexibility index (Phi) is 7.24. The number of rotatable bonds is 4. The molecule has 1 saturated carbocycles. The van der Waals surface area contributed by atoms with E-state index in [2.05, 4.69) is 55.0 Å². The molecule has 4 heterocycles. The van der Waals surface area contributed by atoms with Crippen LogP contribution < -0.4 is 15.1 Å². The Hall–Kier alpha value is -2.75. The number of halogens is 1. The molecule has 1 aromatic carbocycles. The van der Waals surface area contributed by atoms with Crippen LogP contribution in [-0.4, -0.2) is 60.6 Å². The lowest BCUT2D eigenvalue weighted by Crippen LogP contribution is -2.56. The fraction of sp³-hybridized carbons (Fsp3) is 0.600. The second kappa shape index (κ2) is 10.7. The van der Waals surface area contributed by atoms with Gasteiger partial charge in [-0.2, -0.15) is 0 Å². The van der Waals surface area contributed by atoms with Gasteiger partial charge in [0.25, 0.3) is 0 Å². The van der Waals surface area contributed by atoms with Crippen molar-refractivity contribution >= 4 is 28.8 Å². The second-order valence-corrected chi connectivity index (χ2v) is 11.7. The third-order valence-electron chi connectivity index (χ3n) is 8.57. The highest BCUT2D eigenvalue weighted by Crippen LogP contribution is 2.42. The van der Waals surface area contributed by atoms with E-state index in [-0.39, 0.29) is 54.9 Å². The van der Waals surface area contributed by atoms with E-state index in [9.17, 15) is 9.18 Å². The lowest BCUT2D eigenvalue weighted by molar-refractivity contribution is -0.124. The van der Waals surface area contributed by atoms with Gasteiger partial charge < -0.3 is 29.3 Å². The maximum atomic E-state index is 14.3. The number of hydrogen-bond acceptors (Lipinski definition) is 7. The number of benzene rings is 1. The number of ether oxygens (including phenoxy) is 3. The highest BCUT2D eigenvalue weighted by atomic mass is 19.1. The van der Waals surface area contributed by atoms with Gasteiger partial charge in [-0.25, -0.2) is 9.37 Å². The maximum absolute atomic E-state index is 14.3. The van der Waals surface area contributed by atoms with Crippen molar-refractivity contribution in [2.45, 2.75) is 96.4 Å². The van der Waals surface area contributed by atoms with Gasteiger partial charge in [0.2, 0.25) is 5.91 Å². The number of aromatic nitrogens is 1. The fourth-order valence-electron chi connectivity index (χ4n) is 6.70. The Balaban J connectivity index is 1.34. The molecule has 0 unspecified atom stereocenters. The molecule has 4 aliphatic rings. The van der Waals surface area contributed by atoms with Crippen LogP contribution in [0.2, 0.25) is 0 Å². The third-order valence-corrected chi connectivity index (χ3v) is 8.57. The Morgan fingerprint density at radius 3 is 2.69 bits per heavy atom. The summed E-state index contributed by atoms with van der Waals surface area (Å²) >= 11 is 0. The van der Waals surface area contributed by atoms with E-state index in [1.54, 1.807) is 0 Å². The van der Waals surface area contributed by atoms with Crippen LogP contribution in [0.25, 0.3) is 0 Å². The number of nitrogens with one attached hydrogen (secondary N) is 1. The van der Waals surface area contributed by atoms with Crippen molar-refractivity contribution in [3.63, 3.8) is 0 Å². The summed E-state index contributed by atoms with van der Waals surface area (Å²) in [4.78, 5) is 22.7. The van der Waals surface area contributed by atoms with Gasteiger partial charge in [0.15, 0.2) is 0 Å². The number of carbonyl (C=O) groups is 1. The topological polar surface area (TPSA) is 76.2 Å². The van der Waals surface area contributed by atoms with E-state index in [0.717, 1.165) is 42.7 Å². The first-order valence-electron chi connectivity index (χ1n) is 14.3. The van der Waals surface area contributed by atoms with Crippen LogP contribution in [0.5, 0.6) is 0 Å². The summed E-state index contributed by atoms with van der Waals surface area (Å²) in [6.45, 7) is 9.80. The van der Waals surface area contributed by atoms with Crippen molar-refractivity contribution < 1.29 is 23.4 Å². The van der Waals surface area contributed by atoms with Crippen LogP contribution in [0.4, 0.5) is 27.3 Å². The molecule has 6 rings (SSSR count). The van der Waals surface area contributed by atoms with Crippen molar-refractivity contribution in [1.82, 2.24) is 4.98 Å². The molecule has 3 aliphatic heterocycles. The van der Waals surface area contributed by atoms with E-state index in [1.165, 1.54) is 12.3 Å². The van der Waals surface area contributed by atoms with Crippen LogP contribution in [0.15, 0.2) is 30.5 Å². The summed E-state index contributed by atoms with van der Waals surface area (Å²) < 4.78 is 32.4. The molecule has 0 radical (unpaired) electrons. The van der Waals surface area contributed by atoms with Crippen molar-refractivity contribution in [3.05, 3.63) is 41.8 Å². The zero-order chi connectivity index (χ0) is 27.3. The summed E-state index contributed by atoms with van der Waals surface area (Å²) in [6, 6.07) is 7.92. The fourth-order valence-corrected chi connectivity index (χ4v) is 6.70. The van der Waals surface area contributed by atoms with Gasteiger partial charge in [0.1, 0.15) is 17.7 Å². The standard InChI is InChI=1S/C30H39FN4O4/c1-17(2)39-24-8-5-20(6-9-24)30(36)34-14-21-11-22(31)13-32-29(21)33-25-10-7-23(12-26(25)34)35-18(3)15-38-28-19(4)37-16-27(28)35/h7,10-13,17-20,24,27-28H,5-6,8-9,14-16H2,1-4H3,(H,32,33)/t18-,19+,20-,24-,27+,28-/m0/s1. The van der Waals surface area contributed by atoms with Gasteiger partial charge in [-0.05, 0) is 77.6 Å². The van der Waals surface area contributed by atoms with Gasteiger partial charge in [0.05, 0.1) is 67.7 Å². The first-order valence-corrected chi connectivity index (χ1v) is 14.3. The van der Waals surface area contributed by atoms with Crippen LogP contribution in [0.3, 0.4) is 0 Å². The summed E-state index contributed by atoms with van der Waals surface area (Å²) in [6.07, 6.45) is 4.94. The van der Waals surface area contributed by atoms with Crippen LogP contribution in [-0.2, 0) is 25.5 Å². The van der Waals surface area contributed by atoms with Gasteiger partial charge in [-0.3, -0.25) is 4.79 Å². The summed E-state index contributed by atoms with van der Waals surface area (Å²) in [5.74, 6) is 0.130. The first kappa shape index (κ1) is 26.5. The Morgan fingerprint density at radius 1 is 1.13 bits per heavy atom. The van der Waals surface area contributed by atoms with Crippen molar-refractivity contribution in [3.8, 4) is 0 Å². The van der Waals surface area contributed by atoms with Gasteiger partial charge >= 0.3 is 0 Å². The number of amides is 1. The molecule has 0 spiro atoms. The maximum Gasteiger partial charge on any atom is 0.230 e. The predicted octanol–water partition coefficient (Wildman–Crippen LogP) is 5.18. The second-order valence-electron chi connectivity index (χ2n) is 11.7. The SMILES string of the molecule is CC(C)O[C@H]1CC[C@H](C(=O)N2Cc3cc(F)cnc3Nc3ccc(N4[C@@H]5CO[C@H](C)[C@@H]5OC[C@@H]4C)cc32)CC1. The van der Waals surface area contributed by atoms with Crippen LogP contribution in [0.1, 0.15) is 58.9 Å². The number of pyridine rings is 1. The van der Waals surface area contributed by atoms with E-state index >= 15 is 0 Å². The number of anilines is 4. The minimum Gasteiger partial charge on any atom is -0.376 e. The molecule has 1 N–H and O–H groups in total. The van der Waals surface area contributed by atoms with Gasteiger partial charge in [0, 0.05) is 17.2 Å². The highest BCUT2D eigenvalue weighted by molar-refractivity contribution is 6.00. The van der Waals surface area contributed by atoms with Crippen LogP contribution in [0, 0.1) is 11.7 Å².